The summed E-state index contributed by atoms with van der Waals surface area (Å²) in [6.45, 7) is 2.03. The molecule has 0 aliphatic carbocycles. The smallest absolute Gasteiger partial charge is 0.267 e. The van der Waals surface area contributed by atoms with E-state index in [1.165, 1.54) is 11.3 Å². The van der Waals surface area contributed by atoms with Crippen LogP contribution in [0.1, 0.15) is 15.4 Å². The van der Waals surface area contributed by atoms with Crippen LogP contribution < -0.4 is 10.1 Å². The van der Waals surface area contributed by atoms with Crippen molar-refractivity contribution >= 4 is 22.9 Å². The van der Waals surface area contributed by atoms with Gasteiger partial charge in [-0.2, -0.15) is 0 Å². The van der Waals surface area contributed by atoms with Crippen molar-refractivity contribution in [3.63, 3.8) is 0 Å². The number of hydrogen-bond acceptors (Lipinski definition) is 5. The van der Waals surface area contributed by atoms with Crippen LogP contribution in [0.2, 0.25) is 0 Å². The molecule has 0 saturated carbocycles. The molecule has 0 bridgehead atoms. The molecular formula is C13H14N2O3S. The molecule has 100 valence electrons. The lowest BCUT2D eigenvalue weighted by Gasteiger charge is -2.07. The summed E-state index contributed by atoms with van der Waals surface area (Å²) in [5.41, 5.74) is 3.07. The standard InChI is InChI=1S/C13H14N2O3S/c1-9-12(19-8-14-9)13(17)15-10-2-4-11(5-3-10)18-7-6-16/h2-5,8,16H,6-7H2,1H3,(H,15,17). The summed E-state index contributed by atoms with van der Waals surface area (Å²) in [4.78, 5) is 16.6. The van der Waals surface area contributed by atoms with Crippen molar-refractivity contribution in [1.82, 2.24) is 4.98 Å². The molecule has 0 aliphatic rings. The number of carbonyl (C=O) groups excluding carboxylic acids is 1. The third-order valence-electron chi connectivity index (χ3n) is 2.42. The molecule has 1 heterocycles. The summed E-state index contributed by atoms with van der Waals surface area (Å²) in [7, 11) is 0. The van der Waals surface area contributed by atoms with Gasteiger partial charge in [-0.3, -0.25) is 4.79 Å². The van der Waals surface area contributed by atoms with Crippen LogP contribution in [-0.4, -0.2) is 29.2 Å². The summed E-state index contributed by atoms with van der Waals surface area (Å²) >= 11 is 1.32. The van der Waals surface area contributed by atoms with Crippen molar-refractivity contribution in [3.05, 3.63) is 40.3 Å². The molecule has 0 unspecified atom stereocenters. The number of nitrogens with one attached hydrogen (secondary N) is 1. The van der Waals surface area contributed by atoms with E-state index in [0.717, 1.165) is 5.69 Å². The number of rotatable bonds is 5. The van der Waals surface area contributed by atoms with Crippen molar-refractivity contribution in [2.75, 3.05) is 18.5 Å². The van der Waals surface area contributed by atoms with E-state index in [0.29, 0.717) is 16.3 Å². The number of aliphatic hydroxyl groups excluding tert-OH is 1. The minimum atomic E-state index is -0.163. The number of thiazole rings is 1. The number of aryl methyl sites for hydroxylation is 1. The Morgan fingerprint density at radius 3 is 2.74 bits per heavy atom. The summed E-state index contributed by atoms with van der Waals surface area (Å²) < 4.78 is 5.24. The van der Waals surface area contributed by atoms with Gasteiger partial charge in [0.2, 0.25) is 0 Å². The van der Waals surface area contributed by atoms with Gasteiger partial charge < -0.3 is 15.2 Å². The number of aliphatic hydroxyl groups is 1. The Balaban J connectivity index is 2.00. The van der Waals surface area contributed by atoms with Gasteiger partial charge >= 0.3 is 0 Å². The molecule has 1 amide bonds. The van der Waals surface area contributed by atoms with Crippen molar-refractivity contribution in [3.8, 4) is 5.75 Å². The molecule has 0 atom stereocenters. The normalized spacial score (nSPS) is 10.2. The van der Waals surface area contributed by atoms with Gasteiger partial charge in [-0.25, -0.2) is 4.98 Å². The fraction of sp³-hybridized carbons (Fsp3) is 0.231. The molecule has 0 saturated heterocycles. The lowest BCUT2D eigenvalue weighted by atomic mass is 10.3. The van der Waals surface area contributed by atoms with Gasteiger partial charge in [-0.1, -0.05) is 0 Å². The van der Waals surface area contributed by atoms with Crippen LogP contribution in [0.3, 0.4) is 0 Å². The van der Waals surface area contributed by atoms with Crippen molar-refractivity contribution in [2.24, 2.45) is 0 Å². The van der Waals surface area contributed by atoms with E-state index in [1.807, 2.05) is 0 Å². The molecule has 6 heteroatoms. The predicted molar refractivity (Wildman–Crippen MR) is 73.8 cm³/mol. The zero-order valence-electron chi connectivity index (χ0n) is 10.4. The van der Waals surface area contributed by atoms with Crippen molar-refractivity contribution in [1.29, 1.82) is 0 Å². The van der Waals surface area contributed by atoms with Crippen LogP contribution in [0.5, 0.6) is 5.75 Å². The van der Waals surface area contributed by atoms with Gasteiger partial charge in [0.05, 0.1) is 17.8 Å². The highest BCUT2D eigenvalue weighted by atomic mass is 32.1. The monoisotopic (exact) mass is 278 g/mol. The van der Waals surface area contributed by atoms with Crippen molar-refractivity contribution < 1.29 is 14.6 Å². The molecule has 0 radical (unpaired) electrons. The van der Waals surface area contributed by atoms with E-state index < -0.39 is 0 Å². The lowest BCUT2D eigenvalue weighted by Crippen LogP contribution is -2.11. The largest absolute Gasteiger partial charge is 0.491 e. The maximum atomic E-state index is 11.9. The Kier molecular flexibility index (Phi) is 4.48. The van der Waals surface area contributed by atoms with Crippen LogP contribution in [-0.2, 0) is 0 Å². The first-order valence-electron chi connectivity index (χ1n) is 5.76. The van der Waals surface area contributed by atoms with Gasteiger partial charge in [0.1, 0.15) is 17.2 Å². The van der Waals surface area contributed by atoms with Gasteiger partial charge in [-0.05, 0) is 31.2 Å². The minimum Gasteiger partial charge on any atom is -0.491 e. The maximum Gasteiger partial charge on any atom is 0.267 e. The molecule has 2 N–H and O–H groups in total. The molecule has 0 fully saturated rings. The Labute approximate surface area is 114 Å². The van der Waals surface area contributed by atoms with E-state index >= 15 is 0 Å². The van der Waals surface area contributed by atoms with E-state index in [4.69, 9.17) is 9.84 Å². The second kappa shape index (κ2) is 6.31. The van der Waals surface area contributed by atoms with Crippen LogP contribution in [0.4, 0.5) is 5.69 Å². The van der Waals surface area contributed by atoms with Gasteiger partial charge in [0.25, 0.3) is 5.91 Å². The number of benzene rings is 1. The van der Waals surface area contributed by atoms with E-state index in [2.05, 4.69) is 10.3 Å². The highest BCUT2D eigenvalue weighted by molar-refractivity contribution is 7.12. The molecule has 2 rings (SSSR count). The second-order valence-electron chi connectivity index (χ2n) is 3.82. The summed E-state index contributed by atoms with van der Waals surface area (Å²) in [6.07, 6.45) is 0. The van der Waals surface area contributed by atoms with Gasteiger partial charge in [-0.15, -0.1) is 11.3 Å². The second-order valence-corrected chi connectivity index (χ2v) is 4.67. The van der Waals surface area contributed by atoms with Crippen molar-refractivity contribution in [2.45, 2.75) is 6.92 Å². The zero-order valence-corrected chi connectivity index (χ0v) is 11.2. The number of amides is 1. The third-order valence-corrected chi connectivity index (χ3v) is 3.35. The predicted octanol–water partition coefficient (Wildman–Crippen LogP) is 2.07. The zero-order chi connectivity index (χ0) is 13.7. The average molecular weight is 278 g/mol. The van der Waals surface area contributed by atoms with E-state index in [9.17, 15) is 4.79 Å². The number of nitrogens with zero attached hydrogens (tertiary/aromatic N) is 1. The fourth-order valence-corrected chi connectivity index (χ4v) is 2.20. The minimum absolute atomic E-state index is 0.0247. The van der Waals surface area contributed by atoms with Gasteiger partial charge in [0, 0.05) is 5.69 Å². The molecule has 1 aromatic heterocycles. The molecule has 19 heavy (non-hydrogen) atoms. The molecule has 1 aromatic carbocycles. The first kappa shape index (κ1) is 13.5. The van der Waals surface area contributed by atoms with Crippen LogP contribution in [0.15, 0.2) is 29.8 Å². The van der Waals surface area contributed by atoms with E-state index in [1.54, 1.807) is 36.7 Å². The number of hydrogen-bond donors (Lipinski definition) is 2. The Bertz CT molecular complexity index is 551. The number of aromatic nitrogens is 1. The highest BCUT2D eigenvalue weighted by Gasteiger charge is 2.11. The Morgan fingerprint density at radius 2 is 2.16 bits per heavy atom. The van der Waals surface area contributed by atoms with E-state index in [-0.39, 0.29) is 19.1 Å². The molecule has 2 aromatic rings. The number of anilines is 1. The quantitative estimate of drug-likeness (QED) is 0.878. The lowest BCUT2D eigenvalue weighted by molar-refractivity contribution is 0.103. The Hall–Kier alpha value is -1.92. The fourth-order valence-electron chi connectivity index (χ4n) is 1.51. The number of ether oxygens (including phenoxy) is 1. The summed E-state index contributed by atoms with van der Waals surface area (Å²) in [5.74, 6) is 0.491. The summed E-state index contributed by atoms with van der Waals surface area (Å²) in [6, 6.07) is 6.98. The molecular weight excluding hydrogens is 264 g/mol. The summed E-state index contributed by atoms with van der Waals surface area (Å²) in [5, 5.41) is 11.4. The van der Waals surface area contributed by atoms with Crippen LogP contribution in [0, 0.1) is 6.92 Å². The Morgan fingerprint density at radius 1 is 1.42 bits per heavy atom. The van der Waals surface area contributed by atoms with Crippen LogP contribution >= 0.6 is 11.3 Å². The topological polar surface area (TPSA) is 71.5 Å². The first-order chi connectivity index (χ1) is 9.20. The maximum absolute atomic E-state index is 11.9. The average Bonchev–Trinajstić information content (AvgIpc) is 2.84. The highest BCUT2D eigenvalue weighted by Crippen LogP contribution is 2.18. The van der Waals surface area contributed by atoms with Crippen LogP contribution in [0.25, 0.3) is 0 Å². The van der Waals surface area contributed by atoms with Gasteiger partial charge in [0.15, 0.2) is 0 Å². The third kappa shape index (κ3) is 3.52. The molecule has 0 aliphatic heterocycles. The number of carbonyl (C=O) groups is 1. The first-order valence-corrected chi connectivity index (χ1v) is 6.64. The molecule has 0 spiro atoms. The molecule has 5 nitrogen and oxygen atoms in total. The SMILES string of the molecule is Cc1ncsc1C(=O)Nc1ccc(OCCO)cc1.